The fraction of sp³-hybridized carbons (Fsp3) is 0.677. The zero-order valence-corrected chi connectivity index (χ0v) is 46.2. The van der Waals surface area contributed by atoms with E-state index in [-0.39, 0.29) is 37.5 Å². The fourth-order valence-corrected chi connectivity index (χ4v) is 7.78. The van der Waals surface area contributed by atoms with E-state index in [0.29, 0.717) is 19.3 Å². The Balaban J connectivity index is 4.52. The van der Waals surface area contributed by atoms with E-state index in [1.165, 1.54) is 122 Å². The number of unbranched alkanes of at least 4 members (excludes halogenated alkanes) is 23. The van der Waals surface area contributed by atoms with Gasteiger partial charge in [-0.05, 0) is 122 Å². The molecule has 0 rings (SSSR count). The van der Waals surface area contributed by atoms with Gasteiger partial charge in [0.2, 0.25) is 0 Å². The molecule has 0 radical (unpaired) electrons. The number of allylic oxidation sites excluding steroid dienone is 18. The van der Waals surface area contributed by atoms with Gasteiger partial charge in [0.25, 0.3) is 0 Å². The molecule has 0 aromatic rings. The maximum atomic E-state index is 12.9. The van der Waals surface area contributed by atoms with Crippen molar-refractivity contribution >= 4 is 17.9 Å². The van der Waals surface area contributed by atoms with E-state index in [4.69, 9.17) is 14.2 Å². The van der Waals surface area contributed by atoms with Gasteiger partial charge in [-0.25, -0.2) is 0 Å². The van der Waals surface area contributed by atoms with E-state index in [1.54, 1.807) is 0 Å². The summed E-state index contributed by atoms with van der Waals surface area (Å²) in [4.78, 5) is 38.2. The Kier molecular flexibility index (Phi) is 55.4. The molecule has 0 aromatic carbocycles. The number of ether oxygens (including phenoxy) is 3. The first-order chi connectivity index (χ1) is 35.0. The van der Waals surface area contributed by atoms with Crippen molar-refractivity contribution in [3.05, 3.63) is 109 Å². The van der Waals surface area contributed by atoms with Crippen LogP contribution in [0.25, 0.3) is 0 Å². The predicted octanol–water partition coefficient (Wildman–Crippen LogP) is 19.9. The highest BCUT2D eigenvalue weighted by Crippen LogP contribution is 2.14. The van der Waals surface area contributed by atoms with Gasteiger partial charge in [0.1, 0.15) is 13.2 Å². The monoisotopic (exact) mass is 985 g/mol. The number of carbonyl (C=O) groups excluding carboxylic acids is 3. The average molecular weight is 986 g/mol. The second-order valence-corrected chi connectivity index (χ2v) is 19.2. The molecule has 0 unspecified atom stereocenters. The Morgan fingerprint density at radius 3 is 0.873 bits per heavy atom. The van der Waals surface area contributed by atoms with Crippen LogP contribution < -0.4 is 0 Å². The van der Waals surface area contributed by atoms with Gasteiger partial charge in [-0.1, -0.05) is 233 Å². The maximum absolute atomic E-state index is 12.9. The van der Waals surface area contributed by atoms with E-state index in [2.05, 4.69) is 124 Å². The third-order valence-corrected chi connectivity index (χ3v) is 12.2. The predicted molar refractivity (Wildman–Crippen MR) is 307 cm³/mol. The highest BCUT2D eigenvalue weighted by atomic mass is 16.6. The summed E-state index contributed by atoms with van der Waals surface area (Å²) in [5.41, 5.74) is 0. The van der Waals surface area contributed by atoms with Gasteiger partial charge in [0, 0.05) is 19.3 Å². The van der Waals surface area contributed by atoms with Crippen molar-refractivity contribution in [3.63, 3.8) is 0 Å². The quantitative estimate of drug-likeness (QED) is 0.0261. The van der Waals surface area contributed by atoms with Crippen molar-refractivity contribution in [1.29, 1.82) is 0 Å². The zero-order chi connectivity index (χ0) is 51.4. The van der Waals surface area contributed by atoms with Gasteiger partial charge < -0.3 is 14.2 Å². The van der Waals surface area contributed by atoms with Crippen molar-refractivity contribution in [1.82, 2.24) is 0 Å². The summed E-state index contributed by atoms with van der Waals surface area (Å²) >= 11 is 0. The molecule has 0 bridgehead atoms. The van der Waals surface area contributed by atoms with Gasteiger partial charge >= 0.3 is 17.9 Å². The lowest BCUT2D eigenvalue weighted by Gasteiger charge is -2.18. The van der Waals surface area contributed by atoms with Crippen molar-refractivity contribution < 1.29 is 28.6 Å². The van der Waals surface area contributed by atoms with E-state index in [9.17, 15) is 14.4 Å². The third-order valence-electron chi connectivity index (χ3n) is 12.2. The topological polar surface area (TPSA) is 78.9 Å². The molecule has 0 aliphatic rings. The minimum Gasteiger partial charge on any atom is -0.462 e. The molecule has 0 aliphatic heterocycles. The van der Waals surface area contributed by atoms with Crippen LogP contribution in [0.15, 0.2) is 109 Å². The molecule has 1 atom stereocenters. The number of carbonyl (C=O) groups is 3. The van der Waals surface area contributed by atoms with Crippen LogP contribution in [0.1, 0.15) is 265 Å². The Morgan fingerprint density at radius 1 is 0.282 bits per heavy atom. The minimum absolute atomic E-state index is 0.111. The Morgan fingerprint density at radius 2 is 0.535 bits per heavy atom. The lowest BCUT2D eigenvalue weighted by atomic mass is 10.1. The summed E-state index contributed by atoms with van der Waals surface area (Å²) in [5.74, 6) is -1.01. The Bertz CT molecular complexity index is 1460. The van der Waals surface area contributed by atoms with Crippen LogP contribution in [0, 0.1) is 0 Å². The lowest BCUT2D eigenvalue weighted by Crippen LogP contribution is -2.30. The van der Waals surface area contributed by atoms with Crippen molar-refractivity contribution in [2.45, 2.75) is 271 Å². The molecule has 0 aliphatic carbocycles. The lowest BCUT2D eigenvalue weighted by molar-refractivity contribution is -0.166. The molecule has 6 nitrogen and oxygen atoms in total. The fourth-order valence-electron chi connectivity index (χ4n) is 7.78. The third kappa shape index (κ3) is 56.9. The molecular formula is C65H108O6. The number of hydrogen-bond acceptors (Lipinski definition) is 6. The zero-order valence-electron chi connectivity index (χ0n) is 46.2. The minimum atomic E-state index is -0.819. The van der Waals surface area contributed by atoms with Crippen LogP contribution in [-0.4, -0.2) is 37.2 Å². The normalized spacial score (nSPS) is 12.9. The molecule has 0 aromatic heterocycles. The average Bonchev–Trinajstić information content (AvgIpc) is 3.37. The van der Waals surface area contributed by atoms with Crippen LogP contribution in [0.5, 0.6) is 0 Å². The molecule has 0 saturated carbocycles. The van der Waals surface area contributed by atoms with E-state index in [1.807, 2.05) is 6.08 Å². The van der Waals surface area contributed by atoms with Gasteiger partial charge in [-0.3, -0.25) is 14.4 Å². The van der Waals surface area contributed by atoms with Crippen LogP contribution in [0.4, 0.5) is 0 Å². The second kappa shape index (κ2) is 58.6. The van der Waals surface area contributed by atoms with Gasteiger partial charge in [-0.2, -0.15) is 0 Å². The smallest absolute Gasteiger partial charge is 0.306 e. The summed E-state index contributed by atoms with van der Waals surface area (Å²) in [5, 5.41) is 0. The SMILES string of the molecule is CCCCC/C=C\C/C=C\C/C=C\C/C=C\C/C=C\CCC(=O)OC[C@H](COC(=O)CCCCCCC/C=C\C/C=C\CCCCC)OC(=O)CCCCCCCCCCC/C=C\C/C=C\CCCCC. The van der Waals surface area contributed by atoms with Crippen LogP contribution >= 0.6 is 0 Å². The van der Waals surface area contributed by atoms with Crippen LogP contribution in [0.3, 0.4) is 0 Å². The highest BCUT2D eigenvalue weighted by molar-refractivity contribution is 5.71. The molecule has 71 heavy (non-hydrogen) atoms. The van der Waals surface area contributed by atoms with Crippen molar-refractivity contribution in [2.75, 3.05) is 13.2 Å². The summed E-state index contributed by atoms with van der Waals surface area (Å²) in [6.07, 6.45) is 79.4. The van der Waals surface area contributed by atoms with Crippen molar-refractivity contribution in [2.24, 2.45) is 0 Å². The highest BCUT2D eigenvalue weighted by Gasteiger charge is 2.19. The molecule has 0 saturated heterocycles. The molecular weight excluding hydrogens is 877 g/mol. The van der Waals surface area contributed by atoms with Gasteiger partial charge in [0.05, 0.1) is 0 Å². The number of esters is 3. The number of rotatable bonds is 52. The molecule has 6 heteroatoms. The van der Waals surface area contributed by atoms with Crippen LogP contribution in [-0.2, 0) is 28.6 Å². The largest absolute Gasteiger partial charge is 0.462 e. The number of hydrogen-bond donors (Lipinski definition) is 0. The van der Waals surface area contributed by atoms with E-state index in [0.717, 1.165) is 96.3 Å². The molecule has 0 N–H and O–H groups in total. The molecule has 0 spiro atoms. The van der Waals surface area contributed by atoms with E-state index < -0.39 is 6.10 Å². The molecule has 404 valence electrons. The standard InChI is InChI=1S/C65H108O6/c1-4-7-10-13-16-19-22-25-28-30-32-34-37-40-43-46-49-52-55-58-64(67)70-61-62(60-69-63(66)57-54-51-48-45-42-39-36-27-24-21-18-15-12-9-6-3)71-65(68)59-56-53-50-47-44-41-38-35-33-31-29-26-23-20-17-14-11-8-5-2/h16-21,25-29,32,34,36,40,43,49,52,62H,4-15,22-24,30-31,33,35,37-39,41-42,44-48,50-51,53-61H2,1-3H3/b19-16-,20-17-,21-18-,28-25-,29-26-,34-32-,36-27-,43-40-,52-49-/t62-/m0/s1. The summed E-state index contributed by atoms with van der Waals surface area (Å²) in [7, 11) is 0. The summed E-state index contributed by atoms with van der Waals surface area (Å²) < 4.78 is 16.8. The molecule has 0 amide bonds. The first kappa shape index (κ1) is 67.1. The molecule has 0 fully saturated rings. The first-order valence-corrected chi connectivity index (χ1v) is 29.4. The van der Waals surface area contributed by atoms with Crippen LogP contribution in [0.2, 0.25) is 0 Å². The Labute approximate surface area is 438 Å². The Hall–Kier alpha value is -3.93. The van der Waals surface area contributed by atoms with E-state index >= 15 is 0 Å². The second-order valence-electron chi connectivity index (χ2n) is 19.2. The van der Waals surface area contributed by atoms with Gasteiger partial charge in [0.15, 0.2) is 6.10 Å². The summed E-state index contributed by atoms with van der Waals surface area (Å²) in [6, 6.07) is 0. The first-order valence-electron chi connectivity index (χ1n) is 29.4. The van der Waals surface area contributed by atoms with Gasteiger partial charge in [-0.15, -0.1) is 0 Å². The maximum Gasteiger partial charge on any atom is 0.306 e. The van der Waals surface area contributed by atoms with Crippen molar-refractivity contribution in [3.8, 4) is 0 Å². The summed E-state index contributed by atoms with van der Waals surface area (Å²) in [6.45, 7) is 6.49. The molecule has 0 heterocycles.